The highest BCUT2D eigenvalue weighted by Gasteiger charge is 2.35. The Morgan fingerprint density at radius 2 is 1.90 bits per heavy atom. The van der Waals surface area contributed by atoms with E-state index in [4.69, 9.17) is 0 Å². The standard InChI is InChI=1S/C23H24N6O/c1-16-9-10-20-18(13-16)14-19(23(30)24-20)21(28-11-5-6-12-28)22-25-26-27-29(22)15-17-7-3-2-4-8-17/h2-4,7-10,13-14,21H,5-6,11-12,15H2,1H3,(H,24,30)/p+1/t21-/m0/s1. The van der Waals surface area contributed by atoms with Crippen molar-refractivity contribution in [3.05, 3.63) is 87.5 Å². The van der Waals surface area contributed by atoms with E-state index in [1.807, 2.05) is 41.1 Å². The summed E-state index contributed by atoms with van der Waals surface area (Å²) in [5.74, 6) is 0.744. The van der Waals surface area contributed by atoms with Crippen LogP contribution in [0.25, 0.3) is 10.9 Å². The second kappa shape index (κ2) is 7.84. The van der Waals surface area contributed by atoms with Gasteiger partial charge in [-0.3, -0.25) is 4.79 Å². The topological polar surface area (TPSA) is 80.9 Å². The highest BCUT2D eigenvalue weighted by Crippen LogP contribution is 2.20. The lowest BCUT2D eigenvalue weighted by Crippen LogP contribution is -3.10. The predicted octanol–water partition coefficient (Wildman–Crippen LogP) is 1.64. The van der Waals surface area contributed by atoms with Gasteiger partial charge < -0.3 is 9.88 Å². The van der Waals surface area contributed by atoms with Gasteiger partial charge in [0.15, 0.2) is 6.04 Å². The minimum absolute atomic E-state index is 0.0648. The molecule has 30 heavy (non-hydrogen) atoms. The average Bonchev–Trinajstić information content (AvgIpc) is 3.43. The van der Waals surface area contributed by atoms with Crippen LogP contribution in [0.15, 0.2) is 59.4 Å². The van der Waals surface area contributed by atoms with Gasteiger partial charge in [0, 0.05) is 18.4 Å². The van der Waals surface area contributed by atoms with Crippen molar-refractivity contribution >= 4 is 10.9 Å². The van der Waals surface area contributed by atoms with Crippen LogP contribution in [0.4, 0.5) is 0 Å². The van der Waals surface area contributed by atoms with E-state index < -0.39 is 0 Å². The van der Waals surface area contributed by atoms with Crippen LogP contribution in [0, 0.1) is 6.92 Å². The van der Waals surface area contributed by atoms with Gasteiger partial charge in [-0.15, -0.1) is 5.10 Å². The lowest BCUT2D eigenvalue weighted by molar-refractivity contribution is -0.914. The van der Waals surface area contributed by atoms with Crippen molar-refractivity contribution in [1.29, 1.82) is 0 Å². The van der Waals surface area contributed by atoms with Gasteiger partial charge in [-0.25, -0.2) is 4.68 Å². The van der Waals surface area contributed by atoms with Gasteiger partial charge in [0.1, 0.15) is 0 Å². The molecule has 3 heterocycles. The summed E-state index contributed by atoms with van der Waals surface area (Å²) >= 11 is 0. The van der Waals surface area contributed by atoms with Gasteiger partial charge in [0.2, 0.25) is 5.82 Å². The van der Waals surface area contributed by atoms with Gasteiger partial charge in [0.25, 0.3) is 5.56 Å². The zero-order valence-electron chi connectivity index (χ0n) is 17.0. The number of hydrogen-bond donors (Lipinski definition) is 2. The molecule has 2 aromatic heterocycles. The number of likely N-dealkylation sites (tertiary alicyclic amines) is 1. The average molecular weight is 401 g/mol. The molecule has 5 rings (SSSR count). The summed E-state index contributed by atoms with van der Waals surface area (Å²) in [6, 6.07) is 18.1. The number of H-pyrrole nitrogens is 1. The quantitative estimate of drug-likeness (QED) is 0.533. The van der Waals surface area contributed by atoms with E-state index in [0.29, 0.717) is 6.54 Å². The summed E-state index contributed by atoms with van der Waals surface area (Å²) in [5, 5.41) is 13.7. The van der Waals surface area contributed by atoms with Crippen LogP contribution in [0.1, 0.15) is 41.4 Å². The highest BCUT2D eigenvalue weighted by atomic mass is 16.1. The molecule has 152 valence electrons. The zero-order valence-corrected chi connectivity index (χ0v) is 17.0. The maximum absolute atomic E-state index is 13.1. The summed E-state index contributed by atoms with van der Waals surface area (Å²) in [5.41, 5.74) is 3.82. The van der Waals surface area contributed by atoms with Gasteiger partial charge in [-0.2, -0.15) is 0 Å². The SMILES string of the molecule is Cc1ccc2[nH]c(=O)c([C@@H](c3nnnn3Cc3ccccc3)[NH+]3CCCC3)cc2c1. The number of aryl methyl sites for hydroxylation is 1. The van der Waals surface area contributed by atoms with Crippen LogP contribution in [0.5, 0.6) is 0 Å². The molecular weight excluding hydrogens is 376 g/mol. The Hall–Kier alpha value is -3.32. The molecule has 4 aromatic rings. The Balaban J connectivity index is 1.63. The first-order valence-electron chi connectivity index (χ1n) is 10.5. The molecule has 1 saturated heterocycles. The first kappa shape index (κ1) is 18.7. The molecule has 0 saturated carbocycles. The highest BCUT2D eigenvalue weighted by molar-refractivity contribution is 5.79. The van der Waals surface area contributed by atoms with E-state index >= 15 is 0 Å². The van der Waals surface area contributed by atoms with Crippen LogP contribution >= 0.6 is 0 Å². The van der Waals surface area contributed by atoms with Gasteiger partial charge >= 0.3 is 0 Å². The number of fused-ring (bicyclic) bond motifs is 1. The van der Waals surface area contributed by atoms with E-state index in [-0.39, 0.29) is 11.6 Å². The number of tetrazole rings is 1. The van der Waals surface area contributed by atoms with Crippen molar-refractivity contribution in [3.8, 4) is 0 Å². The Kier molecular flexibility index (Phi) is 4.88. The van der Waals surface area contributed by atoms with Crippen LogP contribution in [-0.4, -0.2) is 38.3 Å². The third kappa shape index (κ3) is 3.52. The molecule has 0 amide bonds. The lowest BCUT2D eigenvalue weighted by atomic mass is 10.0. The number of quaternary nitrogens is 1. The van der Waals surface area contributed by atoms with Crippen LogP contribution < -0.4 is 10.5 Å². The first-order valence-corrected chi connectivity index (χ1v) is 10.5. The van der Waals surface area contributed by atoms with E-state index in [2.05, 4.69) is 45.6 Å². The Morgan fingerprint density at radius 1 is 1.10 bits per heavy atom. The smallest absolute Gasteiger partial charge is 0.258 e. The molecule has 7 heteroatoms. The molecule has 2 N–H and O–H groups in total. The number of rotatable bonds is 5. The second-order valence-electron chi connectivity index (χ2n) is 8.12. The first-order chi connectivity index (χ1) is 14.7. The molecule has 0 spiro atoms. The number of nitrogens with one attached hydrogen (secondary N) is 2. The maximum Gasteiger partial charge on any atom is 0.258 e. The molecule has 2 aromatic carbocycles. The zero-order chi connectivity index (χ0) is 20.5. The number of benzene rings is 2. The summed E-state index contributed by atoms with van der Waals surface area (Å²) < 4.78 is 1.84. The summed E-state index contributed by atoms with van der Waals surface area (Å²) in [7, 11) is 0. The third-order valence-electron chi connectivity index (χ3n) is 5.99. The minimum Gasteiger partial charge on any atom is -0.322 e. The molecular formula is C23H25N6O+. The van der Waals surface area contributed by atoms with E-state index in [1.54, 1.807) is 0 Å². The van der Waals surface area contributed by atoms with Crippen molar-refractivity contribution in [3.63, 3.8) is 0 Å². The van der Waals surface area contributed by atoms with Crippen molar-refractivity contribution in [2.24, 2.45) is 0 Å². The minimum atomic E-state index is -0.195. The Morgan fingerprint density at radius 3 is 2.70 bits per heavy atom. The van der Waals surface area contributed by atoms with E-state index in [0.717, 1.165) is 53.8 Å². The summed E-state index contributed by atoms with van der Waals surface area (Å²) in [6.07, 6.45) is 2.30. The molecule has 7 nitrogen and oxygen atoms in total. The summed E-state index contributed by atoms with van der Waals surface area (Å²) in [6.45, 7) is 4.66. The molecule has 1 fully saturated rings. The van der Waals surface area contributed by atoms with Crippen molar-refractivity contribution in [2.75, 3.05) is 13.1 Å². The molecule has 1 atom stereocenters. The monoisotopic (exact) mass is 401 g/mol. The Labute approximate surface area is 174 Å². The number of aromatic amines is 1. The predicted molar refractivity (Wildman–Crippen MR) is 114 cm³/mol. The van der Waals surface area contributed by atoms with Crippen molar-refractivity contribution < 1.29 is 4.90 Å². The van der Waals surface area contributed by atoms with Gasteiger partial charge in [0.05, 0.1) is 25.2 Å². The third-order valence-corrected chi connectivity index (χ3v) is 5.99. The van der Waals surface area contributed by atoms with E-state index in [1.165, 1.54) is 10.5 Å². The fraction of sp³-hybridized carbons (Fsp3) is 0.304. The Bertz CT molecular complexity index is 1220. The fourth-order valence-electron chi connectivity index (χ4n) is 4.50. The van der Waals surface area contributed by atoms with Gasteiger partial charge in [-0.05, 0) is 46.5 Å². The number of nitrogens with zero attached hydrogens (tertiary/aromatic N) is 4. The van der Waals surface area contributed by atoms with Gasteiger partial charge in [-0.1, -0.05) is 42.0 Å². The van der Waals surface area contributed by atoms with Crippen molar-refractivity contribution in [2.45, 2.75) is 32.4 Å². The normalized spacial score (nSPS) is 15.6. The molecule has 0 radical (unpaired) electrons. The van der Waals surface area contributed by atoms with Crippen molar-refractivity contribution in [1.82, 2.24) is 25.2 Å². The van der Waals surface area contributed by atoms with E-state index in [9.17, 15) is 4.79 Å². The molecule has 1 aliphatic rings. The van der Waals surface area contributed by atoms with Crippen LogP contribution in [0.2, 0.25) is 0 Å². The van der Waals surface area contributed by atoms with Crippen LogP contribution in [0.3, 0.4) is 0 Å². The summed E-state index contributed by atoms with van der Waals surface area (Å²) in [4.78, 5) is 17.6. The van der Waals surface area contributed by atoms with Crippen LogP contribution in [-0.2, 0) is 6.54 Å². The number of pyridine rings is 1. The molecule has 0 unspecified atom stereocenters. The number of hydrogen-bond acceptors (Lipinski definition) is 4. The fourth-order valence-corrected chi connectivity index (χ4v) is 4.50. The molecule has 0 bridgehead atoms. The maximum atomic E-state index is 13.1. The molecule has 1 aliphatic heterocycles. The second-order valence-corrected chi connectivity index (χ2v) is 8.12. The molecule has 0 aliphatic carbocycles. The lowest BCUT2D eigenvalue weighted by Gasteiger charge is -2.23. The largest absolute Gasteiger partial charge is 0.322 e. The number of aromatic nitrogens is 5.